The first kappa shape index (κ1) is 13.2. The van der Waals surface area contributed by atoms with Crippen LogP contribution in [0.1, 0.15) is 13.8 Å². The van der Waals surface area contributed by atoms with E-state index in [4.69, 9.17) is 9.15 Å². The summed E-state index contributed by atoms with van der Waals surface area (Å²) in [4.78, 5) is 0. The molecule has 1 atom stereocenters. The minimum atomic E-state index is -3.08. The molecule has 0 spiro atoms. The van der Waals surface area contributed by atoms with Gasteiger partial charge in [0.2, 0.25) is 0 Å². The van der Waals surface area contributed by atoms with Crippen molar-refractivity contribution >= 4 is 7.60 Å². The van der Waals surface area contributed by atoms with E-state index in [0.29, 0.717) is 18.8 Å². The van der Waals surface area contributed by atoms with Crippen LogP contribution in [0.4, 0.5) is 0 Å². The van der Waals surface area contributed by atoms with Crippen molar-refractivity contribution in [2.24, 2.45) is 0 Å². The first-order chi connectivity index (χ1) is 7.57. The van der Waals surface area contributed by atoms with Crippen molar-refractivity contribution in [2.45, 2.75) is 13.8 Å². The van der Waals surface area contributed by atoms with Crippen molar-refractivity contribution in [3.8, 4) is 5.75 Å². The molecule has 16 heavy (non-hydrogen) atoms. The summed E-state index contributed by atoms with van der Waals surface area (Å²) >= 11 is 0. The zero-order valence-electron chi connectivity index (χ0n) is 9.92. The van der Waals surface area contributed by atoms with Gasteiger partial charge in [-0.1, -0.05) is 32.0 Å². The molecular weight excluding hydrogens is 225 g/mol. The van der Waals surface area contributed by atoms with Gasteiger partial charge in [0.15, 0.2) is 0 Å². The molecule has 0 aliphatic rings. The van der Waals surface area contributed by atoms with Crippen molar-refractivity contribution in [1.29, 1.82) is 0 Å². The van der Waals surface area contributed by atoms with Crippen LogP contribution in [0.25, 0.3) is 0 Å². The van der Waals surface area contributed by atoms with Crippen molar-refractivity contribution in [3.05, 3.63) is 30.3 Å². The number of para-hydroxylation sites is 1. The van der Waals surface area contributed by atoms with Crippen LogP contribution in [0.3, 0.4) is 0 Å². The minimum absolute atomic E-state index is 0.556. The molecule has 0 saturated carbocycles. The van der Waals surface area contributed by atoms with Crippen LogP contribution in [0, 0.1) is 0 Å². The topological polar surface area (TPSA) is 38.8 Å². The Morgan fingerprint density at radius 3 is 2.25 bits per heavy atom. The Kier molecular flexibility index (Phi) is 5.00. The fraction of sp³-hybridized carbons (Fsp3) is 0.455. The van der Waals surface area contributed by atoms with Gasteiger partial charge in [0, 0.05) is 13.1 Å². The molecule has 0 amide bonds. The van der Waals surface area contributed by atoms with E-state index in [1.165, 1.54) is 6.66 Å². The predicted octanol–water partition coefficient (Wildman–Crippen LogP) is 3.16. The van der Waals surface area contributed by atoms with Crippen LogP contribution in [-0.4, -0.2) is 24.8 Å². The van der Waals surface area contributed by atoms with E-state index in [0.717, 1.165) is 0 Å². The third-order valence-corrected chi connectivity index (χ3v) is 3.05. The van der Waals surface area contributed by atoms with E-state index in [9.17, 15) is 4.57 Å². The summed E-state index contributed by atoms with van der Waals surface area (Å²) in [5.74, 6) is 0.556. The van der Waals surface area contributed by atoms with E-state index in [1.54, 1.807) is 17.2 Å². The summed E-state index contributed by atoms with van der Waals surface area (Å²) in [5, 5.41) is 1.61. The molecule has 1 aromatic rings. The highest BCUT2D eigenvalue weighted by Crippen LogP contribution is 2.44. The summed E-state index contributed by atoms with van der Waals surface area (Å²) in [6, 6.07) is 9.03. The number of hydrogen-bond donors (Lipinski definition) is 0. The summed E-state index contributed by atoms with van der Waals surface area (Å²) in [6.07, 6.45) is 0. The lowest BCUT2D eigenvalue weighted by Gasteiger charge is -2.22. The number of rotatable bonds is 6. The van der Waals surface area contributed by atoms with Crippen molar-refractivity contribution in [1.82, 2.24) is 5.06 Å². The maximum Gasteiger partial charge on any atom is 0.392 e. The Morgan fingerprint density at radius 2 is 1.75 bits per heavy atom. The smallest absolute Gasteiger partial charge is 0.392 e. The van der Waals surface area contributed by atoms with E-state index < -0.39 is 7.60 Å². The molecule has 0 heterocycles. The SMILES string of the molecule is CCN(CC)OP(C)(=O)Oc1ccccc1. The Balaban J connectivity index is 2.61. The normalized spacial score (nSPS) is 14.8. The largest absolute Gasteiger partial charge is 0.424 e. The zero-order valence-corrected chi connectivity index (χ0v) is 10.8. The molecule has 0 N–H and O–H groups in total. The molecule has 0 aliphatic heterocycles. The quantitative estimate of drug-likeness (QED) is 0.568. The molecule has 0 bridgehead atoms. The average Bonchev–Trinajstić information content (AvgIpc) is 2.26. The van der Waals surface area contributed by atoms with Gasteiger partial charge in [0.05, 0.1) is 6.66 Å². The Hall–Kier alpha value is -0.830. The first-order valence-corrected chi connectivity index (χ1v) is 7.33. The van der Waals surface area contributed by atoms with Gasteiger partial charge in [0.1, 0.15) is 5.75 Å². The summed E-state index contributed by atoms with van der Waals surface area (Å²) in [7, 11) is -3.08. The van der Waals surface area contributed by atoms with E-state index in [2.05, 4.69) is 0 Å². The highest BCUT2D eigenvalue weighted by molar-refractivity contribution is 7.53. The molecule has 1 unspecified atom stereocenters. The number of nitrogens with zero attached hydrogens (tertiary/aromatic N) is 1. The lowest BCUT2D eigenvalue weighted by Crippen LogP contribution is -2.22. The number of hydrogen-bond acceptors (Lipinski definition) is 4. The Morgan fingerprint density at radius 1 is 1.19 bits per heavy atom. The van der Waals surface area contributed by atoms with Crippen molar-refractivity contribution < 1.29 is 13.7 Å². The molecule has 1 rings (SSSR count). The summed E-state index contributed by atoms with van der Waals surface area (Å²) < 4.78 is 22.7. The first-order valence-electron chi connectivity index (χ1n) is 5.34. The second-order valence-electron chi connectivity index (χ2n) is 3.37. The zero-order chi connectivity index (χ0) is 12.0. The van der Waals surface area contributed by atoms with E-state index in [-0.39, 0.29) is 0 Å². The van der Waals surface area contributed by atoms with Gasteiger partial charge in [-0.3, -0.25) is 0 Å². The maximum atomic E-state index is 12.0. The molecule has 0 aromatic heterocycles. The van der Waals surface area contributed by atoms with Crippen LogP contribution in [-0.2, 0) is 9.19 Å². The van der Waals surface area contributed by atoms with Crippen molar-refractivity contribution in [3.63, 3.8) is 0 Å². The van der Waals surface area contributed by atoms with Crippen LogP contribution in [0.2, 0.25) is 0 Å². The Bertz CT molecular complexity index is 352. The fourth-order valence-corrected chi connectivity index (χ4v) is 2.43. The fourth-order valence-electron chi connectivity index (χ4n) is 1.24. The predicted molar refractivity (Wildman–Crippen MR) is 64.6 cm³/mol. The van der Waals surface area contributed by atoms with Gasteiger partial charge in [0.25, 0.3) is 0 Å². The lowest BCUT2D eigenvalue weighted by atomic mass is 10.3. The van der Waals surface area contributed by atoms with Gasteiger partial charge in [-0.2, -0.15) is 5.06 Å². The minimum Gasteiger partial charge on any atom is -0.424 e. The highest BCUT2D eigenvalue weighted by Gasteiger charge is 2.22. The monoisotopic (exact) mass is 243 g/mol. The summed E-state index contributed by atoms with van der Waals surface area (Å²) in [5.41, 5.74) is 0. The van der Waals surface area contributed by atoms with Crippen LogP contribution >= 0.6 is 7.60 Å². The van der Waals surface area contributed by atoms with Crippen molar-refractivity contribution in [2.75, 3.05) is 19.8 Å². The third-order valence-electron chi connectivity index (χ3n) is 1.98. The molecule has 0 fully saturated rings. The molecule has 90 valence electrons. The molecule has 4 nitrogen and oxygen atoms in total. The van der Waals surface area contributed by atoms with Gasteiger partial charge in [-0.15, -0.1) is 0 Å². The van der Waals surface area contributed by atoms with Crippen LogP contribution < -0.4 is 4.52 Å². The molecule has 1 aromatic carbocycles. The molecule has 0 radical (unpaired) electrons. The average molecular weight is 243 g/mol. The van der Waals surface area contributed by atoms with E-state index >= 15 is 0 Å². The number of benzene rings is 1. The lowest BCUT2D eigenvalue weighted by molar-refractivity contribution is -0.0548. The van der Waals surface area contributed by atoms with Crippen LogP contribution in [0.5, 0.6) is 5.75 Å². The highest BCUT2D eigenvalue weighted by atomic mass is 31.2. The second kappa shape index (κ2) is 6.04. The molecular formula is C11H18NO3P. The van der Waals surface area contributed by atoms with Gasteiger partial charge in [-0.05, 0) is 12.1 Å². The van der Waals surface area contributed by atoms with Gasteiger partial charge < -0.3 is 4.52 Å². The second-order valence-corrected chi connectivity index (χ2v) is 5.26. The standard InChI is InChI=1S/C11H18NO3P/c1-4-12(5-2)15-16(3,13)14-11-9-7-6-8-10-11/h6-10H,4-5H2,1-3H3. The summed E-state index contributed by atoms with van der Waals surface area (Å²) in [6.45, 7) is 6.69. The number of hydroxylamine groups is 2. The van der Waals surface area contributed by atoms with Gasteiger partial charge in [-0.25, -0.2) is 9.19 Å². The molecule has 5 heteroatoms. The molecule has 0 saturated heterocycles. The Labute approximate surface area is 96.7 Å². The van der Waals surface area contributed by atoms with E-state index in [1.807, 2.05) is 32.0 Å². The third kappa shape index (κ3) is 4.35. The van der Waals surface area contributed by atoms with Crippen LogP contribution in [0.15, 0.2) is 30.3 Å². The maximum absolute atomic E-state index is 12.0. The van der Waals surface area contributed by atoms with Gasteiger partial charge >= 0.3 is 7.60 Å². The molecule has 0 aliphatic carbocycles.